The van der Waals surface area contributed by atoms with Crippen molar-refractivity contribution in [3.05, 3.63) is 56.2 Å². The third kappa shape index (κ3) is 2.89. The van der Waals surface area contributed by atoms with E-state index in [9.17, 15) is 0 Å². The molecule has 1 nitrogen and oxygen atoms in total. The van der Waals surface area contributed by atoms with Gasteiger partial charge in [0.1, 0.15) is 0 Å². The number of benzene rings is 1. The molecule has 0 aliphatic carbocycles. The standard InChI is InChI=1S/C14H16ClNS/c1-9-7-10(2)17-14(9)13(16)8-11-5-3-4-6-12(11)15/h3-7,13H,8,16H2,1-2H3. The van der Waals surface area contributed by atoms with Crippen LogP contribution >= 0.6 is 22.9 Å². The fourth-order valence-corrected chi connectivity index (χ4v) is 3.27. The van der Waals surface area contributed by atoms with Crippen LogP contribution in [0.1, 0.15) is 26.9 Å². The molecule has 0 aliphatic rings. The van der Waals surface area contributed by atoms with Crippen LogP contribution in [0.4, 0.5) is 0 Å². The fourth-order valence-electron chi connectivity index (χ4n) is 2.02. The molecule has 0 saturated heterocycles. The van der Waals surface area contributed by atoms with Crippen molar-refractivity contribution in [2.24, 2.45) is 5.73 Å². The summed E-state index contributed by atoms with van der Waals surface area (Å²) in [5.41, 5.74) is 8.66. The summed E-state index contributed by atoms with van der Waals surface area (Å²) in [7, 11) is 0. The maximum Gasteiger partial charge on any atom is 0.0438 e. The summed E-state index contributed by atoms with van der Waals surface area (Å²) in [6.07, 6.45) is 0.792. The van der Waals surface area contributed by atoms with E-state index in [1.54, 1.807) is 11.3 Å². The molecule has 0 fully saturated rings. The molecular formula is C14H16ClNS. The largest absolute Gasteiger partial charge is 0.323 e. The highest BCUT2D eigenvalue weighted by Crippen LogP contribution is 2.29. The molecule has 2 rings (SSSR count). The van der Waals surface area contributed by atoms with E-state index >= 15 is 0 Å². The Morgan fingerprint density at radius 1 is 1.29 bits per heavy atom. The lowest BCUT2D eigenvalue weighted by atomic mass is 10.0. The van der Waals surface area contributed by atoms with Crippen LogP contribution in [0.25, 0.3) is 0 Å². The maximum atomic E-state index is 6.26. The van der Waals surface area contributed by atoms with Crippen molar-refractivity contribution in [2.45, 2.75) is 26.3 Å². The molecule has 2 N–H and O–H groups in total. The highest BCUT2D eigenvalue weighted by molar-refractivity contribution is 7.12. The van der Waals surface area contributed by atoms with E-state index in [0.29, 0.717) is 0 Å². The van der Waals surface area contributed by atoms with Crippen LogP contribution < -0.4 is 5.73 Å². The third-order valence-corrected chi connectivity index (χ3v) is 4.47. The summed E-state index contributed by atoms with van der Waals surface area (Å²) in [6, 6.07) is 10.1. The van der Waals surface area contributed by atoms with Gasteiger partial charge in [-0.05, 0) is 43.5 Å². The lowest BCUT2D eigenvalue weighted by Crippen LogP contribution is -2.13. The Labute approximate surface area is 111 Å². The number of nitrogens with two attached hydrogens (primary N) is 1. The Kier molecular flexibility index (Phi) is 3.87. The lowest BCUT2D eigenvalue weighted by Gasteiger charge is -2.12. The topological polar surface area (TPSA) is 26.0 Å². The molecule has 0 bridgehead atoms. The zero-order valence-electron chi connectivity index (χ0n) is 10.0. The summed E-state index contributed by atoms with van der Waals surface area (Å²) in [5, 5.41) is 0.800. The van der Waals surface area contributed by atoms with Crippen LogP contribution in [0.3, 0.4) is 0 Å². The SMILES string of the molecule is Cc1cc(C)c(C(N)Cc2ccccc2Cl)s1. The van der Waals surface area contributed by atoms with Crippen LogP contribution in [0.2, 0.25) is 5.02 Å². The average Bonchev–Trinajstić information content (AvgIpc) is 2.61. The molecule has 90 valence electrons. The summed E-state index contributed by atoms with van der Waals surface area (Å²) in [4.78, 5) is 2.58. The smallest absolute Gasteiger partial charge is 0.0438 e. The van der Waals surface area contributed by atoms with Gasteiger partial charge in [-0.2, -0.15) is 0 Å². The second kappa shape index (κ2) is 5.21. The number of hydrogen-bond donors (Lipinski definition) is 1. The first kappa shape index (κ1) is 12.6. The van der Waals surface area contributed by atoms with Crippen molar-refractivity contribution in [2.75, 3.05) is 0 Å². The van der Waals surface area contributed by atoms with E-state index in [-0.39, 0.29) is 6.04 Å². The second-order valence-electron chi connectivity index (χ2n) is 4.31. The molecule has 0 amide bonds. The molecule has 0 radical (unpaired) electrons. The Morgan fingerprint density at radius 3 is 2.59 bits per heavy atom. The van der Waals surface area contributed by atoms with Gasteiger partial charge in [-0.15, -0.1) is 11.3 Å². The van der Waals surface area contributed by atoms with E-state index in [2.05, 4.69) is 19.9 Å². The molecule has 0 spiro atoms. The first-order chi connectivity index (χ1) is 8.08. The van der Waals surface area contributed by atoms with Crippen LogP contribution in [0, 0.1) is 13.8 Å². The molecular weight excluding hydrogens is 250 g/mol. The van der Waals surface area contributed by atoms with Gasteiger partial charge < -0.3 is 5.73 Å². The van der Waals surface area contributed by atoms with Crippen molar-refractivity contribution in [3.63, 3.8) is 0 Å². The van der Waals surface area contributed by atoms with Gasteiger partial charge in [-0.3, -0.25) is 0 Å². The molecule has 3 heteroatoms. The summed E-state index contributed by atoms with van der Waals surface area (Å²) in [6.45, 7) is 4.23. The van der Waals surface area contributed by atoms with Crippen molar-refractivity contribution in [1.82, 2.24) is 0 Å². The van der Waals surface area contributed by atoms with Gasteiger partial charge in [0.05, 0.1) is 0 Å². The molecule has 1 unspecified atom stereocenters. The van der Waals surface area contributed by atoms with Gasteiger partial charge >= 0.3 is 0 Å². The lowest BCUT2D eigenvalue weighted by molar-refractivity contribution is 0.732. The Hall–Kier alpha value is -0.830. The summed E-state index contributed by atoms with van der Waals surface area (Å²) >= 11 is 7.93. The fraction of sp³-hybridized carbons (Fsp3) is 0.286. The Morgan fingerprint density at radius 2 is 2.00 bits per heavy atom. The highest BCUT2D eigenvalue weighted by Gasteiger charge is 2.13. The number of rotatable bonds is 3. The number of aryl methyl sites for hydroxylation is 2. The first-order valence-electron chi connectivity index (χ1n) is 5.64. The quantitative estimate of drug-likeness (QED) is 0.882. The minimum atomic E-state index is 0.0357. The van der Waals surface area contributed by atoms with E-state index < -0.39 is 0 Å². The highest BCUT2D eigenvalue weighted by atomic mass is 35.5. The maximum absolute atomic E-state index is 6.26. The number of halogens is 1. The van der Waals surface area contributed by atoms with Crippen molar-refractivity contribution < 1.29 is 0 Å². The van der Waals surface area contributed by atoms with Crippen LogP contribution in [-0.4, -0.2) is 0 Å². The van der Waals surface area contributed by atoms with Crippen molar-refractivity contribution in [3.8, 4) is 0 Å². The first-order valence-corrected chi connectivity index (χ1v) is 6.83. The molecule has 1 aromatic carbocycles. The van der Waals surface area contributed by atoms with Gasteiger partial charge in [-0.1, -0.05) is 29.8 Å². The minimum absolute atomic E-state index is 0.0357. The van der Waals surface area contributed by atoms with E-state index in [0.717, 1.165) is 17.0 Å². The predicted octanol–water partition coefficient (Wildman–Crippen LogP) is 4.26. The van der Waals surface area contributed by atoms with Gasteiger partial charge in [-0.25, -0.2) is 0 Å². The molecule has 0 aliphatic heterocycles. The number of hydrogen-bond acceptors (Lipinski definition) is 2. The minimum Gasteiger partial charge on any atom is -0.323 e. The molecule has 1 heterocycles. The van der Waals surface area contributed by atoms with Crippen LogP contribution in [-0.2, 0) is 6.42 Å². The predicted molar refractivity (Wildman–Crippen MR) is 75.9 cm³/mol. The second-order valence-corrected chi connectivity index (χ2v) is 6.00. The normalized spacial score (nSPS) is 12.7. The summed E-state index contributed by atoms with van der Waals surface area (Å²) in [5.74, 6) is 0. The monoisotopic (exact) mass is 265 g/mol. The Bertz CT molecular complexity index is 519. The van der Waals surface area contributed by atoms with Crippen LogP contribution in [0.15, 0.2) is 30.3 Å². The number of thiophene rings is 1. The van der Waals surface area contributed by atoms with Gasteiger partial charge in [0.2, 0.25) is 0 Å². The summed E-state index contributed by atoms with van der Waals surface area (Å²) < 4.78 is 0. The van der Waals surface area contributed by atoms with E-state index in [4.69, 9.17) is 17.3 Å². The third-order valence-electron chi connectivity index (χ3n) is 2.81. The molecule has 1 aromatic heterocycles. The van der Waals surface area contributed by atoms with E-state index in [1.807, 2.05) is 24.3 Å². The molecule has 0 saturated carbocycles. The molecule has 17 heavy (non-hydrogen) atoms. The molecule has 1 atom stereocenters. The van der Waals surface area contributed by atoms with E-state index in [1.165, 1.54) is 15.3 Å². The van der Waals surface area contributed by atoms with Gasteiger partial charge in [0.15, 0.2) is 0 Å². The van der Waals surface area contributed by atoms with Crippen molar-refractivity contribution in [1.29, 1.82) is 0 Å². The average molecular weight is 266 g/mol. The molecule has 2 aromatic rings. The zero-order chi connectivity index (χ0) is 12.4. The van der Waals surface area contributed by atoms with Crippen LogP contribution in [0.5, 0.6) is 0 Å². The Balaban J connectivity index is 2.20. The van der Waals surface area contributed by atoms with Crippen molar-refractivity contribution >= 4 is 22.9 Å². The van der Waals surface area contributed by atoms with Gasteiger partial charge in [0.25, 0.3) is 0 Å². The zero-order valence-corrected chi connectivity index (χ0v) is 11.6. The van der Waals surface area contributed by atoms with Gasteiger partial charge in [0, 0.05) is 20.8 Å².